The average molecular weight is 456 g/mol. The predicted molar refractivity (Wildman–Crippen MR) is 107 cm³/mol. The lowest BCUT2D eigenvalue weighted by molar-refractivity contribution is -0.155. The molecule has 0 spiro atoms. The van der Waals surface area contributed by atoms with E-state index in [-0.39, 0.29) is 36.0 Å². The second-order valence-corrected chi connectivity index (χ2v) is 8.13. The number of unbranched alkanes of at least 4 members (excludes halogenated alkanes) is 1. The van der Waals surface area contributed by atoms with Crippen LogP contribution >= 0.6 is 22.6 Å². The summed E-state index contributed by atoms with van der Waals surface area (Å²) in [7, 11) is 0. The van der Waals surface area contributed by atoms with Crippen LogP contribution in [0.3, 0.4) is 0 Å². The molecule has 1 aromatic rings. The van der Waals surface area contributed by atoms with E-state index in [1.165, 1.54) is 6.92 Å². The number of hydrogen-bond acceptors (Lipinski definition) is 4. The molecule has 0 atom stereocenters. The quantitative estimate of drug-likeness (QED) is 0.142. The molecule has 0 N–H and O–H groups in total. The number of Topliss-reactive ketones (excluding diaryl/α,β-unsaturated/α-hetero) is 2. The van der Waals surface area contributed by atoms with E-state index in [0.717, 1.165) is 9.13 Å². The largest absolute Gasteiger partial charge is 0.460 e. The Bertz CT molecular complexity index is 669. The molecule has 0 fully saturated rings. The number of carbonyl (C=O) groups is 3. The molecule has 4 nitrogen and oxygen atoms in total. The van der Waals surface area contributed by atoms with Gasteiger partial charge in [0.05, 0.1) is 5.57 Å². The Morgan fingerprint density at radius 1 is 1.12 bits per heavy atom. The Morgan fingerprint density at radius 2 is 1.76 bits per heavy atom. The van der Waals surface area contributed by atoms with E-state index in [1.54, 1.807) is 6.08 Å². The number of benzene rings is 1. The molecule has 0 amide bonds. The Labute approximate surface area is 163 Å². The summed E-state index contributed by atoms with van der Waals surface area (Å²) in [6.07, 6.45) is 3.28. The summed E-state index contributed by atoms with van der Waals surface area (Å²) in [5.41, 5.74) is 0.545. The standard InChI is InChI=1S/C20H25IO4/c1-14(22)17(13-15-8-7-9-16(21)12-15)18(23)10-5-6-11-19(24)25-20(2,3)4/h7-9,12-13H,5-6,10-11H2,1-4H3. The van der Waals surface area contributed by atoms with Crippen molar-refractivity contribution in [2.75, 3.05) is 0 Å². The maximum atomic E-state index is 12.3. The van der Waals surface area contributed by atoms with Crippen molar-refractivity contribution in [1.29, 1.82) is 0 Å². The Morgan fingerprint density at radius 3 is 2.32 bits per heavy atom. The van der Waals surface area contributed by atoms with E-state index >= 15 is 0 Å². The zero-order valence-electron chi connectivity index (χ0n) is 15.2. The van der Waals surface area contributed by atoms with Crippen molar-refractivity contribution < 1.29 is 19.1 Å². The third kappa shape index (κ3) is 8.95. The van der Waals surface area contributed by atoms with Gasteiger partial charge in [-0.25, -0.2) is 0 Å². The van der Waals surface area contributed by atoms with E-state index < -0.39 is 5.60 Å². The number of esters is 1. The van der Waals surface area contributed by atoms with Gasteiger partial charge in [0.15, 0.2) is 11.6 Å². The summed E-state index contributed by atoms with van der Waals surface area (Å²) in [5.74, 6) is -0.687. The molecule has 5 heteroatoms. The molecule has 0 bridgehead atoms. The second-order valence-electron chi connectivity index (χ2n) is 6.89. The van der Waals surface area contributed by atoms with Gasteiger partial charge in [0.2, 0.25) is 0 Å². The van der Waals surface area contributed by atoms with E-state index in [4.69, 9.17) is 4.74 Å². The fraction of sp³-hybridized carbons (Fsp3) is 0.450. The highest BCUT2D eigenvalue weighted by Crippen LogP contribution is 2.16. The van der Waals surface area contributed by atoms with Crippen molar-refractivity contribution >= 4 is 46.2 Å². The zero-order valence-corrected chi connectivity index (χ0v) is 17.4. The molecule has 0 heterocycles. The molecule has 136 valence electrons. The molecule has 0 aliphatic heterocycles. The van der Waals surface area contributed by atoms with Crippen LogP contribution < -0.4 is 0 Å². The van der Waals surface area contributed by atoms with Crippen LogP contribution in [0.25, 0.3) is 6.08 Å². The van der Waals surface area contributed by atoms with E-state index in [1.807, 2.05) is 45.0 Å². The van der Waals surface area contributed by atoms with Crippen molar-refractivity contribution in [3.63, 3.8) is 0 Å². The van der Waals surface area contributed by atoms with E-state index in [0.29, 0.717) is 12.8 Å². The molecule has 0 radical (unpaired) electrons. The summed E-state index contributed by atoms with van der Waals surface area (Å²) in [6, 6.07) is 7.61. The summed E-state index contributed by atoms with van der Waals surface area (Å²) in [6.45, 7) is 6.87. The first-order valence-corrected chi connectivity index (χ1v) is 9.39. The van der Waals surface area contributed by atoms with Crippen molar-refractivity contribution in [1.82, 2.24) is 0 Å². The first-order valence-electron chi connectivity index (χ1n) is 8.32. The highest BCUT2D eigenvalue weighted by atomic mass is 127. The lowest BCUT2D eigenvalue weighted by Gasteiger charge is -2.19. The van der Waals surface area contributed by atoms with Crippen LogP contribution in [-0.2, 0) is 19.1 Å². The summed E-state index contributed by atoms with van der Waals surface area (Å²) in [5, 5.41) is 0. The van der Waals surface area contributed by atoms with Gasteiger partial charge in [-0.2, -0.15) is 0 Å². The van der Waals surface area contributed by atoms with Crippen LogP contribution in [0.1, 0.15) is 58.9 Å². The summed E-state index contributed by atoms with van der Waals surface area (Å²) >= 11 is 2.19. The number of rotatable bonds is 8. The van der Waals surface area contributed by atoms with Crippen LogP contribution in [-0.4, -0.2) is 23.1 Å². The van der Waals surface area contributed by atoms with Gasteiger partial charge in [-0.1, -0.05) is 12.1 Å². The normalized spacial score (nSPS) is 12.0. The molecular formula is C20H25IO4. The number of ether oxygens (including phenoxy) is 1. The number of carbonyl (C=O) groups excluding carboxylic acids is 3. The third-order valence-corrected chi connectivity index (χ3v) is 3.97. The molecule has 25 heavy (non-hydrogen) atoms. The molecule has 0 unspecified atom stereocenters. The molecule has 0 saturated heterocycles. The highest BCUT2D eigenvalue weighted by Gasteiger charge is 2.17. The number of allylic oxidation sites excluding steroid dienone is 1. The van der Waals surface area contributed by atoms with E-state index in [9.17, 15) is 14.4 Å². The molecular weight excluding hydrogens is 431 g/mol. The van der Waals surface area contributed by atoms with Gasteiger partial charge in [-0.05, 0) is 86.9 Å². The van der Waals surface area contributed by atoms with Crippen LogP contribution in [0.15, 0.2) is 29.8 Å². The Balaban J connectivity index is 2.58. The smallest absolute Gasteiger partial charge is 0.306 e. The monoisotopic (exact) mass is 456 g/mol. The second kappa shape index (κ2) is 9.85. The van der Waals surface area contributed by atoms with Crippen molar-refractivity contribution in [2.45, 2.75) is 59.0 Å². The van der Waals surface area contributed by atoms with Crippen LogP contribution in [0.4, 0.5) is 0 Å². The average Bonchev–Trinajstić information content (AvgIpc) is 2.47. The number of halogens is 1. The molecule has 0 saturated carbocycles. The van der Waals surface area contributed by atoms with Gasteiger partial charge in [-0.15, -0.1) is 0 Å². The maximum Gasteiger partial charge on any atom is 0.306 e. The van der Waals surface area contributed by atoms with Gasteiger partial charge in [0.25, 0.3) is 0 Å². The molecule has 1 aromatic carbocycles. The Kier molecular flexibility index (Phi) is 8.48. The third-order valence-electron chi connectivity index (χ3n) is 3.29. The Hall–Kier alpha value is -1.50. The summed E-state index contributed by atoms with van der Waals surface area (Å²) in [4.78, 5) is 35.8. The van der Waals surface area contributed by atoms with Gasteiger partial charge in [-0.3, -0.25) is 14.4 Å². The maximum absolute atomic E-state index is 12.3. The molecule has 0 aliphatic carbocycles. The molecule has 1 rings (SSSR count). The van der Waals surface area contributed by atoms with Crippen LogP contribution in [0.2, 0.25) is 0 Å². The van der Waals surface area contributed by atoms with Gasteiger partial charge in [0, 0.05) is 16.4 Å². The number of hydrogen-bond donors (Lipinski definition) is 0. The highest BCUT2D eigenvalue weighted by molar-refractivity contribution is 14.1. The zero-order chi connectivity index (χ0) is 19.0. The summed E-state index contributed by atoms with van der Waals surface area (Å²) < 4.78 is 6.27. The van der Waals surface area contributed by atoms with Crippen LogP contribution in [0, 0.1) is 3.57 Å². The fourth-order valence-electron chi connectivity index (χ4n) is 2.22. The van der Waals surface area contributed by atoms with Gasteiger partial charge < -0.3 is 4.74 Å². The first kappa shape index (κ1) is 21.5. The number of ketones is 2. The minimum absolute atomic E-state index is 0.185. The lowest BCUT2D eigenvalue weighted by atomic mass is 9.99. The van der Waals surface area contributed by atoms with Crippen molar-refractivity contribution in [2.24, 2.45) is 0 Å². The minimum atomic E-state index is -0.495. The van der Waals surface area contributed by atoms with E-state index in [2.05, 4.69) is 22.6 Å². The van der Waals surface area contributed by atoms with Crippen LogP contribution in [0.5, 0.6) is 0 Å². The lowest BCUT2D eigenvalue weighted by Crippen LogP contribution is -2.23. The molecule has 0 aromatic heterocycles. The van der Waals surface area contributed by atoms with Gasteiger partial charge in [0.1, 0.15) is 5.60 Å². The molecule has 0 aliphatic rings. The minimum Gasteiger partial charge on any atom is -0.460 e. The van der Waals surface area contributed by atoms with Crippen molar-refractivity contribution in [3.05, 3.63) is 39.0 Å². The first-order chi connectivity index (χ1) is 11.6. The predicted octanol–water partition coefficient (Wildman–Crippen LogP) is 4.73. The SMILES string of the molecule is CC(=O)C(=Cc1cccc(I)c1)C(=O)CCCCC(=O)OC(C)(C)C. The van der Waals surface area contributed by atoms with Crippen molar-refractivity contribution in [3.8, 4) is 0 Å². The fourth-order valence-corrected chi connectivity index (χ4v) is 2.79. The topological polar surface area (TPSA) is 60.4 Å². The van der Waals surface area contributed by atoms with Gasteiger partial charge >= 0.3 is 5.97 Å².